The van der Waals surface area contributed by atoms with E-state index in [1.165, 1.54) is 0 Å². The lowest BCUT2D eigenvalue weighted by Crippen LogP contribution is -2.12. The van der Waals surface area contributed by atoms with Gasteiger partial charge in [-0.3, -0.25) is 9.59 Å². The maximum Gasteiger partial charge on any atom is 0.303 e. The Labute approximate surface area is 128 Å². The number of hydrogen-bond acceptors (Lipinski definition) is 4. The Morgan fingerprint density at radius 3 is 2.50 bits per heavy atom. The first kappa shape index (κ1) is 15.8. The third kappa shape index (κ3) is 4.18. The fourth-order valence-electron chi connectivity index (χ4n) is 1.87. The summed E-state index contributed by atoms with van der Waals surface area (Å²) in [6, 6.07) is 8.68. The highest BCUT2D eigenvalue weighted by atomic mass is 16.5. The second-order valence-electron chi connectivity index (χ2n) is 5.31. The number of carbonyl (C=O) groups excluding carboxylic acids is 1. The van der Waals surface area contributed by atoms with Gasteiger partial charge < -0.3 is 14.9 Å². The van der Waals surface area contributed by atoms with Crippen molar-refractivity contribution in [2.75, 3.05) is 5.32 Å². The largest absolute Gasteiger partial charge is 0.481 e. The van der Waals surface area contributed by atoms with Gasteiger partial charge in [-0.15, -0.1) is 0 Å². The molecule has 0 bridgehead atoms. The van der Waals surface area contributed by atoms with E-state index >= 15 is 0 Å². The van der Waals surface area contributed by atoms with Crippen molar-refractivity contribution >= 4 is 17.6 Å². The quantitative estimate of drug-likeness (QED) is 0.855. The van der Waals surface area contributed by atoms with Crippen LogP contribution in [-0.4, -0.2) is 22.1 Å². The summed E-state index contributed by atoms with van der Waals surface area (Å²) in [7, 11) is 0. The van der Waals surface area contributed by atoms with E-state index in [4.69, 9.17) is 9.63 Å². The molecular formula is C16H18N2O4. The highest BCUT2D eigenvalue weighted by Crippen LogP contribution is 2.17. The second kappa shape index (κ2) is 6.89. The Balaban J connectivity index is 1.97. The fourth-order valence-corrected chi connectivity index (χ4v) is 1.87. The molecule has 0 aliphatic carbocycles. The summed E-state index contributed by atoms with van der Waals surface area (Å²) in [5.41, 5.74) is 1.76. The van der Waals surface area contributed by atoms with Crippen molar-refractivity contribution in [3.63, 3.8) is 0 Å². The average molecular weight is 302 g/mol. The van der Waals surface area contributed by atoms with Gasteiger partial charge in [0.1, 0.15) is 5.76 Å². The van der Waals surface area contributed by atoms with Crippen LogP contribution < -0.4 is 5.32 Å². The number of nitrogens with zero attached hydrogens (tertiary/aromatic N) is 1. The van der Waals surface area contributed by atoms with Gasteiger partial charge >= 0.3 is 5.97 Å². The third-order valence-corrected chi connectivity index (χ3v) is 3.17. The SMILES string of the molecule is CC(C)c1cc(C(=O)Nc2ccc(CCC(=O)O)cc2)no1. The molecule has 6 nitrogen and oxygen atoms in total. The van der Waals surface area contributed by atoms with Crippen LogP contribution in [0.5, 0.6) is 0 Å². The van der Waals surface area contributed by atoms with Crippen molar-refractivity contribution in [2.24, 2.45) is 0 Å². The topological polar surface area (TPSA) is 92.4 Å². The normalized spacial score (nSPS) is 10.7. The number of carboxylic acid groups (broad SMARTS) is 1. The Hall–Kier alpha value is -2.63. The van der Waals surface area contributed by atoms with Crippen molar-refractivity contribution in [2.45, 2.75) is 32.6 Å². The summed E-state index contributed by atoms with van der Waals surface area (Å²) < 4.78 is 5.09. The number of benzene rings is 1. The minimum absolute atomic E-state index is 0.0859. The van der Waals surface area contributed by atoms with Crippen molar-refractivity contribution in [3.8, 4) is 0 Å². The predicted molar refractivity (Wildman–Crippen MR) is 80.9 cm³/mol. The number of aryl methyl sites for hydroxylation is 1. The van der Waals surface area contributed by atoms with E-state index < -0.39 is 5.97 Å². The zero-order valence-corrected chi connectivity index (χ0v) is 12.5. The predicted octanol–water partition coefficient (Wildman–Crippen LogP) is 3.07. The molecule has 0 saturated carbocycles. The van der Waals surface area contributed by atoms with E-state index in [9.17, 15) is 9.59 Å². The van der Waals surface area contributed by atoms with Gasteiger partial charge in [-0.1, -0.05) is 31.1 Å². The monoisotopic (exact) mass is 302 g/mol. The van der Waals surface area contributed by atoms with Gasteiger partial charge in [0.15, 0.2) is 5.69 Å². The lowest BCUT2D eigenvalue weighted by Gasteiger charge is -2.04. The third-order valence-electron chi connectivity index (χ3n) is 3.17. The van der Waals surface area contributed by atoms with E-state index in [1.807, 2.05) is 13.8 Å². The molecule has 0 spiro atoms. The van der Waals surface area contributed by atoms with Crippen LogP contribution >= 0.6 is 0 Å². The van der Waals surface area contributed by atoms with E-state index in [0.717, 1.165) is 5.56 Å². The van der Waals surface area contributed by atoms with Crippen LogP contribution in [-0.2, 0) is 11.2 Å². The summed E-state index contributed by atoms with van der Waals surface area (Å²) in [6.07, 6.45) is 0.549. The number of nitrogens with one attached hydrogen (secondary N) is 1. The van der Waals surface area contributed by atoms with Crippen molar-refractivity contribution in [1.82, 2.24) is 5.16 Å². The molecular weight excluding hydrogens is 284 g/mol. The lowest BCUT2D eigenvalue weighted by molar-refractivity contribution is -0.136. The number of aromatic nitrogens is 1. The molecule has 0 atom stereocenters. The van der Waals surface area contributed by atoms with Gasteiger partial charge in [0.05, 0.1) is 0 Å². The molecule has 0 aliphatic rings. The van der Waals surface area contributed by atoms with E-state index in [-0.39, 0.29) is 23.9 Å². The maximum absolute atomic E-state index is 12.0. The molecule has 2 aromatic rings. The lowest BCUT2D eigenvalue weighted by atomic mass is 10.1. The molecule has 1 amide bonds. The van der Waals surface area contributed by atoms with Crippen LogP contribution in [0, 0.1) is 0 Å². The zero-order valence-electron chi connectivity index (χ0n) is 12.5. The number of carbonyl (C=O) groups is 2. The van der Waals surface area contributed by atoms with Gasteiger partial charge in [-0.05, 0) is 24.1 Å². The zero-order chi connectivity index (χ0) is 16.1. The van der Waals surface area contributed by atoms with E-state index in [2.05, 4.69) is 10.5 Å². The molecule has 2 N–H and O–H groups in total. The first-order valence-electron chi connectivity index (χ1n) is 7.04. The van der Waals surface area contributed by atoms with Crippen LogP contribution in [0.4, 0.5) is 5.69 Å². The molecule has 0 saturated heterocycles. The van der Waals surface area contributed by atoms with Crippen LogP contribution in [0.2, 0.25) is 0 Å². The standard InChI is InChI=1S/C16H18N2O4/c1-10(2)14-9-13(18-22-14)16(21)17-12-6-3-11(4-7-12)5-8-15(19)20/h3-4,6-7,9-10H,5,8H2,1-2H3,(H,17,21)(H,19,20). The Morgan fingerprint density at radius 1 is 1.27 bits per heavy atom. The highest BCUT2D eigenvalue weighted by molar-refractivity contribution is 6.02. The minimum atomic E-state index is -0.829. The Kier molecular flexibility index (Phi) is 4.93. The van der Waals surface area contributed by atoms with Gasteiger partial charge in [0.2, 0.25) is 0 Å². The molecule has 6 heteroatoms. The molecule has 0 aliphatic heterocycles. The number of amides is 1. The molecule has 116 valence electrons. The maximum atomic E-state index is 12.0. The highest BCUT2D eigenvalue weighted by Gasteiger charge is 2.14. The number of hydrogen-bond donors (Lipinski definition) is 2. The molecule has 22 heavy (non-hydrogen) atoms. The summed E-state index contributed by atoms with van der Waals surface area (Å²) in [4.78, 5) is 22.6. The summed E-state index contributed by atoms with van der Waals surface area (Å²) in [6.45, 7) is 3.91. The summed E-state index contributed by atoms with van der Waals surface area (Å²) >= 11 is 0. The fraction of sp³-hybridized carbons (Fsp3) is 0.312. The van der Waals surface area contributed by atoms with Gasteiger partial charge in [0.25, 0.3) is 5.91 Å². The molecule has 0 fully saturated rings. The molecule has 1 aromatic heterocycles. The van der Waals surface area contributed by atoms with Gasteiger partial charge in [0, 0.05) is 24.1 Å². The van der Waals surface area contributed by atoms with Gasteiger partial charge in [-0.25, -0.2) is 0 Å². The first-order valence-corrected chi connectivity index (χ1v) is 7.04. The van der Waals surface area contributed by atoms with Gasteiger partial charge in [-0.2, -0.15) is 0 Å². The van der Waals surface area contributed by atoms with Crippen molar-refractivity contribution in [3.05, 3.63) is 47.3 Å². The number of rotatable bonds is 6. The van der Waals surface area contributed by atoms with E-state index in [0.29, 0.717) is 17.9 Å². The molecule has 2 rings (SSSR count). The smallest absolute Gasteiger partial charge is 0.303 e. The number of carboxylic acids is 1. The average Bonchev–Trinajstić information content (AvgIpc) is 2.96. The van der Waals surface area contributed by atoms with Crippen LogP contribution in [0.3, 0.4) is 0 Å². The minimum Gasteiger partial charge on any atom is -0.481 e. The van der Waals surface area contributed by atoms with Crippen LogP contribution in [0.1, 0.15) is 48.0 Å². The number of aliphatic carboxylic acids is 1. The molecule has 1 aromatic carbocycles. The summed E-state index contributed by atoms with van der Waals surface area (Å²) in [5.74, 6) is -0.338. The second-order valence-corrected chi connectivity index (χ2v) is 5.31. The first-order chi connectivity index (χ1) is 10.5. The van der Waals surface area contributed by atoms with Crippen molar-refractivity contribution < 1.29 is 19.2 Å². The van der Waals surface area contributed by atoms with Crippen LogP contribution in [0.25, 0.3) is 0 Å². The van der Waals surface area contributed by atoms with Crippen molar-refractivity contribution in [1.29, 1.82) is 0 Å². The molecule has 0 radical (unpaired) electrons. The molecule has 0 unspecified atom stereocenters. The van der Waals surface area contributed by atoms with E-state index in [1.54, 1.807) is 30.3 Å². The molecule has 1 heterocycles. The number of anilines is 1. The Morgan fingerprint density at radius 2 is 1.95 bits per heavy atom. The van der Waals surface area contributed by atoms with Crippen LogP contribution in [0.15, 0.2) is 34.9 Å². The summed E-state index contributed by atoms with van der Waals surface area (Å²) in [5, 5.41) is 15.1. The Bertz CT molecular complexity index is 659.